The first kappa shape index (κ1) is 23.6. The highest BCUT2D eigenvalue weighted by molar-refractivity contribution is 6.56. The molecular formula is C22H25BCl2N2O4. The van der Waals surface area contributed by atoms with E-state index in [0.29, 0.717) is 16.1 Å². The highest BCUT2D eigenvalue weighted by Crippen LogP contribution is 2.38. The second kappa shape index (κ2) is 9.61. The molecule has 1 N–H and O–H groups in total. The summed E-state index contributed by atoms with van der Waals surface area (Å²) in [5.74, 6) is 0. The lowest BCUT2D eigenvalue weighted by Crippen LogP contribution is -2.41. The zero-order chi connectivity index (χ0) is 22.6. The number of hydrogen-bond acceptors (Lipinski definition) is 5. The third-order valence-electron chi connectivity index (χ3n) is 5.38. The van der Waals surface area contributed by atoms with E-state index in [0.717, 1.165) is 5.56 Å². The second-order valence-electron chi connectivity index (χ2n) is 8.26. The molecule has 1 aromatic heterocycles. The van der Waals surface area contributed by atoms with Crippen molar-refractivity contribution < 1.29 is 18.8 Å². The van der Waals surface area contributed by atoms with Crippen LogP contribution in [-0.4, -0.2) is 35.9 Å². The van der Waals surface area contributed by atoms with Crippen LogP contribution >= 0.6 is 23.2 Å². The molecule has 6 nitrogen and oxygen atoms in total. The van der Waals surface area contributed by atoms with Crippen molar-refractivity contribution in [3.63, 3.8) is 0 Å². The van der Waals surface area contributed by atoms with Gasteiger partial charge in [0.25, 0.3) is 0 Å². The van der Waals surface area contributed by atoms with E-state index in [1.807, 2.05) is 64.1 Å². The fraction of sp³-hybridized carbons (Fsp3) is 0.364. The number of amides is 1. The standard InChI is InChI=1S/C22H25BCl2N2O4/c1-21(2)22(3,4)31-23(30-21)17(10-16-11-18(24)19(25)26-12-16)13-27-20(28)29-14-15-8-6-5-7-9-15/h5-12H,13-14H2,1-4H3,(H,27,28). The van der Waals surface area contributed by atoms with E-state index in [1.165, 1.54) is 0 Å². The topological polar surface area (TPSA) is 69.7 Å². The number of benzene rings is 1. The molecule has 0 unspecified atom stereocenters. The lowest BCUT2D eigenvalue weighted by atomic mass is 9.77. The van der Waals surface area contributed by atoms with E-state index in [2.05, 4.69) is 10.3 Å². The molecule has 0 radical (unpaired) electrons. The minimum absolute atomic E-state index is 0.157. The summed E-state index contributed by atoms with van der Waals surface area (Å²) in [7, 11) is -0.658. The van der Waals surface area contributed by atoms with Gasteiger partial charge in [-0.3, -0.25) is 0 Å². The zero-order valence-corrected chi connectivity index (χ0v) is 19.5. The van der Waals surface area contributed by atoms with Crippen molar-refractivity contribution >= 4 is 42.5 Å². The number of carbonyl (C=O) groups is 1. The molecule has 0 spiro atoms. The minimum Gasteiger partial charge on any atom is -0.445 e. The van der Waals surface area contributed by atoms with Crippen LogP contribution in [-0.2, 0) is 20.7 Å². The van der Waals surface area contributed by atoms with Crippen LogP contribution in [0.15, 0.2) is 48.1 Å². The van der Waals surface area contributed by atoms with Crippen LogP contribution in [0.1, 0.15) is 38.8 Å². The van der Waals surface area contributed by atoms with E-state index in [4.69, 9.17) is 37.2 Å². The Balaban J connectivity index is 1.73. The Morgan fingerprint density at radius 3 is 2.42 bits per heavy atom. The van der Waals surface area contributed by atoms with Crippen molar-refractivity contribution in [2.45, 2.75) is 45.5 Å². The molecular weight excluding hydrogens is 438 g/mol. The molecule has 31 heavy (non-hydrogen) atoms. The van der Waals surface area contributed by atoms with E-state index in [9.17, 15) is 4.79 Å². The Hall–Kier alpha value is -2.06. The molecule has 1 amide bonds. The first-order chi connectivity index (χ1) is 14.6. The predicted molar refractivity (Wildman–Crippen MR) is 123 cm³/mol. The smallest absolute Gasteiger partial charge is 0.445 e. The quantitative estimate of drug-likeness (QED) is 0.464. The van der Waals surface area contributed by atoms with Gasteiger partial charge in [0.1, 0.15) is 11.8 Å². The summed E-state index contributed by atoms with van der Waals surface area (Å²) in [6.45, 7) is 8.20. The van der Waals surface area contributed by atoms with Crippen molar-refractivity contribution in [1.29, 1.82) is 0 Å². The summed E-state index contributed by atoms with van der Waals surface area (Å²) < 4.78 is 17.6. The maximum absolute atomic E-state index is 12.2. The average molecular weight is 463 g/mol. The summed E-state index contributed by atoms with van der Waals surface area (Å²) in [4.78, 5) is 16.3. The van der Waals surface area contributed by atoms with Crippen molar-refractivity contribution in [2.75, 3.05) is 6.54 Å². The molecule has 1 aromatic carbocycles. The lowest BCUT2D eigenvalue weighted by Gasteiger charge is -2.32. The van der Waals surface area contributed by atoms with Gasteiger partial charge in [0, 0.05) is 12.7 Å². The largest absolute Gasteiger partial charge is 0.492 e. The molecule has 164 valence electrons. The van der Waals surface area contributed by atoms with Crippen molar-refractivity contribution in [2.24, 2.45) is 0 Å². The third kappa shape index (κ3) is 6.01. The van der Waals surface area contributed by atoms with Crippen molar-refractivity contribution in [3.05, 3.63) is 69.4 Å². The van der Waals surface area contributed by atoms with Gasteiger partial charge in [-0.05, 0) is 50.4 Å². The number of alkyl carbamates (subject to hydrolysis) is 1. The Kier molecular flexibility index (Phi) is 7.32. The lowest BCUT2D eigenvalue weighted by molar-refractivity contribution is 0.00578. The van der Waals surface area contributed by atoms with Crippen LogP contribution in [0.25, 0.3) is 6.08 Å². The number of carbonyl (C=O) groups excluding carboxylic acids is 1. The van der Waals surface area contributed by atoms with Crippen LogP contribution in [0.4, 0.5) is 4.79 Å². The molecule has 0 saturated carbocycles. The number of nitrogens with one attached hydrogen (secondary N) is 1. The van der Waals surface area contributed by atoms with Gasteiger partial charge in [-0.2, -0.15) is 0 Å². The van der Waals surface area contributed by atoms with Gasteiger partial charge in [0.2, 0.25) is 0 Å². The summed E-state index contributed by atoms with van der Waals surface area (Å²) in [5, 5.41) is 3.32. The number of halogens is 2. The van der Waals surface area contributed by atoms with E-state index >= 15 is 0 Å². The van der Waals surface area contributed by atoms with Gasteiger partial charge in [-0.1, -0.05) is 59.6 Å². The summed E-state index contributed by atoms with van der Waals surface area (Å²) in [6, 6.07) is 11.2. The maximum atomic E-state index is 12.2. The number of rotatable bonds is 6. The second-order valence-corrected chi connectivity index (χ2v) is 9.03. The minimum atomic E-state index is -0.658. The summed E-state index contributed by atoms with van der Waals surface area (Å²) >= 11 is 12.0. The molecule has 2 aromatic rings. The maximum Gasteiger partial charge on any atom is 0.492 e. The van der Waals surface area contributed by atoms with Crippen molar-refractivity contribution in [3.8, 4) is 0 Å². The van der Waals surface area contributed by atoms with Gasteiger partial charge < -0.3 is 19.4 Å². The Labute approximate surface area is 193 Å². The predicted octanol–water partition coefficient (Wildman–Crippen LogP) is 5.33. The Bertz CT molecular complexity index is 951. The molecule has 1 fully saturated rings. The highest BCUT2D eigenvalue weighted by Gasteiger charge is 2.52. The molecule has 2 heterocycles. The van der Waals surface area contributed by atoms with Crippen molar-refractivity contribution in [1.82, 2.24) is 10.3 Å². The molecule has 1 aliphatic rings. The first-order valence-electron chi connectivity index (χ1n) is 9.89. The molecule has 0 atom stereocenters. The van der Waals surface area contributed by atoms with E-state index in [1.54, 1.807) is 12.3 Å². The van der Waals surface area contributed by atoms with Gasteiger partial charge in [0.15, 0.2) is 0 Å². The molecule has 0 bridgehead atoms. The summed E-state index contributed by atoms with van der Waals surface area (Å²) in [6.07, 6.45) is 2.86. The Morgan fingerprint density at radius 1 is 1.16 bits per heavy atom. The van der Waals surface area contributed by atoms with Crippen LogP contribution < -0.4 is 5.32 Å². The van der Waals surface area contributed by atoms with Gasteiger partial charge >= 0.3 is 13.2 Å². The number of hydrogen-bond donors (Lipinski definition) is 1. The fourth-order valence-corrected chi connectivity index (χ4v) is 3.15. The number of ether oxygens (including phenoxy) is 1. The third-order valence-corrected chi connectivity index (χ3v) is 6.06. The first-order valence-corrected chi connectivity index (χ1v) is 10.6. The van der Waals surface area contributed by atoms with Gasteiger partial charge in [-0.25, -0.2) is 9.78 Å². The SMILES string of the molecule is CC1(C)OB(C(=Cc2cnc(Cl)c(Cl)c2)CNC(=O)OCc2ccccc2)OC1(C)C. The molecule has 3 rings (SSSR count). The average Bonchev–Trinajstić information content (AvgIpc) is 2.94. The molecule has 1 saturated heterocycles. The van der Waals surface area contributed by atoms with Gasteiger partial charge in [-0.15, -0.1) is 0 Å². The van der Waals surface area contributed by atoms with E-state index in [-0.39, 0.29) is 18.3 Å². The molecule has 9 heteroatoms. The van der Waals surface area contributed by atoms with E-state index < -0.39 is 24.4 Å². The summed E-state index contributed by atoms with van der Waals surface area (Å²) in [5.41, 5.74) is 1.25. The highest BCUT2D eigenvalue weighted by atomic mass is 35.5. The fourth-order valence-electron chi connectivity index (χ4n) is 2.87. The zero-order valence-electron chi connectivity index (χ0n) is 17.9. The molecule has 0 aliphatic carbocycles. The van der Waals surface area contributed by atoms with Crippen LogP contribution in [0, 0.1) is 0 Å². The van der Waals surface area contributed by atoms with Gasteiger partial charge in [0.05, 0.1) is 16.2 Å². The number of nitrogens with zero attached hydrogens (tertiary/aromatic N) is 1. The normalized spacial score (nSPS) is 17.5. The number of pyridine rings is 1. The van der Waals surface area contributed by atoms with Crippen LogP contribution in [0.2, 0.25) is 10.2 Å². The van der Waals surface area contributed by atoms with Crippen LogP contribution in [0.3, 0.4) is 0 Å². The monoisotopic (exact) mass is 462 g/mol. The number of aromatic nitrogens is 1. The van der Waals surface area contributed by atoms with Crippen LogP contribution in [0.5, 0.6) is 0 Å². The molecule has 1 aliphatic heterocycles. The Morgan fingerprint density at radius 2 is 1.81 bits per heavy atom.